The Hall–Kier alpha value is -1.60. The van der Waals surface area contributed by atoms with E-state index in [1.165, 1.54) is 18.4 Å². The summed E-state index contributed by atoms with van der Waals surface area (Å²) < 4.78 is 5.29. The van der Waals surface area contributed by atoms with Gasteiger partial charge < -0.3 is 4.74 Å². The van der Waals surface area contributed by atoms with Crippen LogP contribution in [0.3, 0.4) is 0 Å². The standard InChI is InChI=1S/C15H19NO2/c1-12-9-13(5-6-14(12)18-2)15(10-16-11-17)7-3-4-8-15/h5-6,9H,3-4,7-8,10H2,1-2H3. The fourth-order valence-electron chi connectivity index (χ4n) is 2.98. The number of aliphatic imine (C=N–C) groups is 1. The van der Waals surface area contributed by atoms with Crippen LogP contribution in [-0.2, 0) is 10.2 Å². The van der Waals surface area contributed by atoms with Crippen LogP contribution in [0.4, 0.5) is 0 Å². The third-order valence-electron chi connectivity index (χ3n) is 4.01. The van der Waals surface area contributed by atoms with E-state index in [9.17, 15) is 4.79 Å². The fraction of sp³-hybridized carbons (Fsp3) is 0.533. The predicted molar refractivity (Wildman–Crippen MR) is 70.9 cm³/mol. The van der Waals surface area contributed by atoms with Crippen LogP contribution >= 0.6 is 0 Å². The lowest BCUT2D eigenvalue weighted by atomic mass is 9.78. The van der Waals surface area contributed by atoms with Crippen molar-refractivity contribution in [1.29, 1.82) is 0 Å². The van der Waals surface area contributed by atoms with Crippen molar-refractivity contribution in [3.8, 4) is 5.75 Å². The largest absolute Gasteiger partial charge is 0.496 e. The molecule has 0 radical (unpaired) electrons. The van der Waals surface area contributed by atoms with E-state index >= 15 is 0 Å². The Kier molecular flexibility index (Phi) is 3.83. The van der Waals surface area contributed by atoms with E-state index in [2.05, 4.69) is 17.1 Å². The summed E-state index contributed by atoms with van der Waals surface area (Å²) in [7, 11) is 1.68. The fourth-order valence-corrected chi connectivity index (χ4v) is 2.98. The highest BCUT2D eigenvalue weighted by Crippen LogP contribution is 2.42. The summed E-state index contributed by atoms with van der Waals surface area (Å²) in [5, 5.41) is 0. The number of methoxy groups -OCH3 is 1. The molecule has 0 unspecified atom stereocenters. The van der Waals surface area contributed by atoms with Crippen LogP contribution in [0.15, 0.2) is 23.2 Å². The lowest BCUT2D eigenvalue weighted by Gasteiger charge is -2.27. The van der Waals surface area contributed by atoms with Gasteiger partial charge in [-0.3, -0.25) is 0 Å². The van der Waals surface area contributed by atoms with Gasteiger partial charge in [-0.05, 0) is 37.0 Å². The van der Waals surface area contributed by atoms with E-state index < -0.39 is 0 Å². The number of aryl methyl sites for hydroxylation is 1. The summed E-state index contributed by atoms with van der Waals surface area (Å²) in [4.78, 5) is 14.2. The van der Waals surface area contributed by atoms with Crippen molar-refractivity contribution in [2.24, 2.45) is 4.99 Å². The van der Waals surface area contributed by atoms with Crippen LogP contribution < -0.4 is 4.74 Å². The van der Waals surface area contributed by atoms with E-state index in [-0.39, 0.29) is 5.41 Å². The van der Waals surface area contributed by atoms with E-state index in [1.807, 2.05) is 13.0 Å². The molecule has 0 amide bonds. The number of rotatable bonds is 4. The van der Waals surface area contributed by atoms with Gasteiger partial charge in [-0.1, -0.05) is 25.0 Å². The van der Waals surface area contributed by atoms with Gasteiger partial charge in [-0.2, -0.15) is 0 Å². The molecule has 0 N–H and O–H groups in total. The van der Waals surface area contributed by atoms with Crippen molar-refractivity contribution < 1.29 is 9.53 Å². The van der Waals surface area contributed by atoms with Gasteiger partial charge in [0.2, 0.25) is 6.08 Å². The first-order valence-corrected chi connectivity index (χ1v) is 6.41. The number of ether oxygens (including phenoxy) is 1. The number of hydrogen-bond acceptors (Lipinski definition) is 3. The first-order chi connectivity index (χ1) is 8.72. The van der Waals surface area contributed by atoms with E-state index in [0.29, 0.717) is 6.54 Å². The summed E-state index contributed by atoms with van der Waals surface area (Å²) in [6.45, 7) is 2.61. The van der Waals surface area contributed by atoms with E-state index in [0.717, 1.165) is 24.2 Å². The SMILES string of the molecule is COc1ccc(C2(CN=C=O)CCCC2)cc1C. The Morgan fingerprint density at radius 3 is 2.67 bits per heavy atom. The molecule has 0 saturated heterocycles. The quantitative estimate of drug-likeness (QED) is 0.603. The minimum atomic E-state index is 0.0362. The molecule has 2 rings (SSSR count). The Morgan fingerprint density at radius 1 is 1.39 bits per heavy atom. The Morgan fingerprint density at radius 2 is 2.11 bits per heavy atom. The zero-order chi connectivity index (χ0) is 13.0. The second-order valence-electron chi connectivity index (χ2n) is 5.08. The average Bonchev–Trinajstić information content (AvgIpc) is 2.86. The van der Waals surface area contributed by atoms with Crippen molar-refractivity contribution in [2.75, 3.05) is 13.7 Å². The molecule has 0 atom stereocenters. The average molecular weight is 245 g/mol. The summed E-state index contributed by atoms with van der Waals surface area (Å²) in [6, 6.07) is 6.29. The number of hydrogen-bond donors (Lipinski definition) is 0. The van der Waals surface area contributed by atoms with Gasteiger partial charge in [0.25, 0.3) is 0 Å². The molecule has 1 fully saturated rings. The van der Waals surface area contributed by atoms with Gasteiger partial charge in [0.1, 0.15) is 5.75 Å². The molecule has 1 aromatic carbocycles. The van der Waals surface area contributed by atoms with Crippen molar-refractivity contribution in [3.05, 3.63) is 29.3 Å². The highest BCUT2D eigenvalue weighted by Gasteiger charge is 2.35. The predicted octanol–water partition coefficient (Wildman–Crippen LogP) is 3.15. The summed E-state index contributed by atoms with van der Waals surface area (Å²) in [6.07, 6.45) is 6.29. The smallest absolute Gasteiger partial charge is 0.234 e. The van der Waals surface area contributed by atoms with Crippen molar-refractivity contribution in [3.63, 3.8) is 0 Å². The molecule has 0 aromatic heterocycles. The molecule has 1 aliphatic rings. The summed E-state index contributed by atoms with van der Waals surface area (Å²) in [5.74, 6) is 0.908. The van der Waals surface area contributed by atoms with Crippen LogP contribution in [0.1, 0.15) is 36.8 Å². The summed E-state index contributed by atoms with van der Waals surface area (Å²) >= 11 is 0. The normalized spacial score (nSPS) is 17.2. The number of carbonyl (C=O) groups excluding carboxylic acids is 1. The highest BCUT2D eigenvalue weighted by molar-refractivity contribution is 5.41. The third-order valence-corrected chi connectivity index (χ3v) is 4.01. The van der Waals surface area contributed by atoms with Gasteiger partial charge in [-0.15, -0.1) is 0 Å². The molecular formula is C15H19NO2. The van der Waals surface area contributed by atoms with Gasteiger partial charge in [0.05, 0.1) is 13.7 Å². The molecule has 0 heterocycles. The zero-order valence-electron chi connectivity index (χ0n) is 11.0. The molecule has 18 heavy (non-hydrogen) atoms. The van der Waals surface area contributed by atoms with Crippen LogP contribution in [0.2, 0.25) is 0 Å². The molecule has 0 spiro atoms. The zero-order valence-corrected chi connectivity index (χ0v) is 11.0. The second kappa shape index (κ2) is 5.36. The molecule has 3 heteroatoms. The number of isocyanates is 1. The lowest BCUT2D eigenvalue weighted by molar-refractivity contribution is 0.409. The minimum absolute atomic E-state index is 0.0362. The van der Waals surface area contributed by atoms with Crippen molar-refractivity contribution in [1.82, 2.24) is 0 Å². The Labute approximate surface area is 108 Å². The molecule has 1 aromatic rings. The van der Waals surface area contributed by atoms with Crippen molar-refractivity contribution in [2.45, 2.75) is 38.0 Å². The molecule has 96 valence electrons. The van der Waals surface area contributed by atoms with Crippen LogP contribution in [-0.4, -0.2) is 19.7 Å². The number of benzene rings is 1. The van der Waals surface area contributed by atoms with Crippen molar-refractivity contribution >= 4 is 6.08 Å². The van der Waals surface area contributed by atoms with Crippen LogP contribution in [0, 0.1) is 6.92 Å². The van der Waals surface area contributed by atoms with E-state index in [4.69, 9.17) is 4.74 Å². The molecular weight excluding hydrogens is 226 g/mol. The molecule has 1 aliphatic carbocycles. The first-order valence-electron chi connectivity index (χ1n) is 6.41. The molecule has 0 bridgehead atoms. The Balaban J connectivity index is 2.36. The number of nitrogens with zero attached hydrogens (tertiary/aromatic N) is 1. The lowest BCUT2D eigenvalue weighted by Crippen LogP contribution is -2.26. The maximum absolute atomic E-state index is 10.4. The third kappa shape index (κ3) is 2.32. The van der Waals surface area contributed by atoms with Gasteiger partial charge in [-0.25, -0.2) is 9.79 Å². The van der Waals surface area contributed by atoms with Gasteiger partial charge in [0.15, 0.2) is 0 Å². The minimum Gasteiger partial charge on any atom is -0.496 e. The highest BCUT2D eigenvalue weighted by atomic mass is 16.5. The maximum atomic E-state index is 10.4. The second-order valence-corrected chi connectivity index (χ2v) is 5.08. The van der Waals surface area contributed by atoms with Crippen LogP contribution in [0.5, 0.6) is 5.75 Å². The van der Waals surface area contributed by atoms with Crippen LogP contribution in [0.25, 0.3) is 0 Å². The monoisotopic (exact) mass is 245 g/mol. The molecule has 1 saturated carbocycles. The molecule has 0 aliphatic heterocycles. The first kappa shape index (κ1) is 12.8. The maximum Gasteiger partial charge on any atom is 0.234 e. The molecule has 3 nitrogen and oxygen atoms in total. The van der Waals surface area contributed by atoms with E-state index in [1.54, 1.807) is 13.2 Å². The van der Waals surface area contributed by atoms with Gasteiger partial charge >= 0.3 is 0 Å². The Bertz CT molecular complexity index is 469. The van der Waals surface area contributed by atoms with Gasteiger partial charge in [0, 0.05) is 5.41 Å². The summed E-state index contributed by atoms with van der Waals surface area (Å²) in [5.41, 5.74) is 2.45. The topological polar surface area (TPSA) is 38.7 Å².